The Hall–Kier alpha value is -2.73. The van der Waals surface area contributed by atoms with E-state index in [1.165, 1.54) is 0 Å². The van der Waals surface area contributed by atoms with Gasteiger partial charge in [0.05, 0.1) is 4.90 Å². The summed E-state index contributed by atoms with van der Waals surface area (Å²) in [5.74, 6) is 1.11. The van der Waals surface area contributed by atoms with Gasteiger partial charge in [0.15, 0.2) is 9.84 Å². The van der Waals surface area contributed by atoms with Crippen LogP contribution in [0.3, 0.4) is 0 Å². The summed E-state index contributed by atoms with van der Waals surface area (Å²) in [6, 6.07) is 24.6. The second-order valence-corrected chi connectivity index (χ2v) is 11.6. The van der Waals surface area contributed by atoms with E-state index in [2.05, 4.69) is 35.8 Å². The number of nitrogens with zero attached hydrogens (tertiary/aromatic N) is 2. The fourth-order valence-electron chi connectivity index (χ4n) is 4.30. The zero-order valence-corrected chi connectivity index (χ0v) is 24.3. The predicted molar refractivity (Wildman–Crippen MR) is 165 cm³/mol. The molecule has 0 fully saturated rings. The predicted octanol–water partition coefficient (Wildman–Crippen LogP) is 7.60. The molecular formula is C31H36Cl2N2O2S. The highest BCUT2D eigenvalue weighted by atomic mass is 35.5. The van der Waals surface area contributed by atoms with Crippen molar-refractivity contribution in [2.75, 3.05) is 47.7 Å². The lowest BCUT2D eigenvalue weighted by Gasteiger charge is -2.23. The summed E-state index contributed by atoms with van der Waals surface area (Å²) in [5.41, 5.74) is 3.90. The van der Waals surface area contributed by atoms with Crippen molar-refractivity contribution in [3.05, 3.63) is 108 Å². The van der Waals surface area contributed by atoms with Crippen molar-refractivity contribution in [3.63, 3.8) is 0 Å². The van der Waals surface area contributed by atoms with E-state index in [1.807, 2.05) is 60.7 Å². The van der Waals surface area contributed by atoms with Gasteiger partial charge in [0.2, 0.25) is 0 Å². The van der Waals surface area contributed by atoms with Crippen LogP contribution in [0.1, 0.15) is 30.2 Å². The average molecular weight is 572 g/mol. The molecule has 0 saturated carbocycles. The maximum absolute atomic E-state index is 13.6. The molecule has 7 heteroatoms. The Kier molecular flexibility index (Phi) is 11.8. The Bertz CT molecular complexity index is 1280. The summed E-state index contributed by atoms with van der Waals surface area (Å²) in [4.78, 5) is 4.68. The number of halogens is 2. The largest absolute Gasteiger partial charge is 0.371 e. The average Bonchev–Trinajstić information content (AvgIpc) is 2.95. The van der Waals surface area contributed by atoms with Gasteiger partial charge in [-0.15, -0.1) is 23.2 Å². The minimum absolute atomic E-state index is 0.299. The molecule has 1 atom stereocenters. The first-order valence-corrected chi connectivity index (χ1v) is 15.5. The summed E-state index contributed by atoms with van der Waals surface area (Å²) in [7, 11) is -3.64. The Balaban J connectivity index is 1.86. The van der Waals surface area contributed by atoms with Crippen molar-refractivity contribution in [2.45, 2.75) is 24.0 Å². The highest BCUT2D eigenvalue weighted by Crippen LogP contribution is 2.31. The molecule has 0 radical (unpaired) electrons. The molecule has 202 valence electrons. The summed E-state index contributed by atoms with van der Waals surface area (Å²) >= 11 is 11.9. The highest BCUT2D eigenvalue weighted by Gasteiger charge is 2.26. The van der Waals surface area contributed by atoms with E-state index in [4.69, 9.17) is 23.2 Å². The maximum Gasteiger partial charge on any atom is 0.188 e. The van der Waals surface area contributed by atoms with Gasteiger partial charge >= 0.3 is 0 Å². The van der Waals surface area contributed by atoms with Gasteiger partial charge in [0.25, 0.3) is 0 Å². The van der Waals surface area contributed by atoms with E-state index >= 15 is 0 Å². The minimum atomic E-state index is -3.64. The fraction of sp³-hybridized carbons (Fsp3) is 0.290. The van der Waals surface area contributed by atoms with Crippen LogP contribution in [0.2, 0.25) is 0 Å². The molecule has 0 spiro atoms. The molecular weight excluding hydrogens is 535 g/mol. The van der Waals surface area contributed by atoms with Crippen LogP contribution in [0.4, 0.5) is 11.4 Å². The van der Waals surface area contributed by atoms with Crippen molar-refractivity contribution >= 4 is 50.5 Å². The van der Waals surface area contributed by atoms with E-state index < -0.39 is 15.1 Å². The lowest BCUT2D eigenvalue weighted by molar-refractivity contribution is 0.590. The number of allylic oxidation sites excluding steroid dienone is 2. The Morgan fingerprint density at radius 2 is 1.26 bits per heavy atom. The van der Waals surface area contributed by atoms with Gasteiger partial charge in [-0.3, -0.25) is 0 Å². The third kappa shape index (κ3) is 7.89. The van der Waals surface area contributed by atoms with Gasteiger partial charge in [-0.25, -0.2) is 8.42 Å². The van der Waals surface area contributed by atoms with Crippen LogP contribution < -0.4 is 9.80 Å². The summed E-state index contributed by atoms with van der Waals surface area (Å²) < 4.78 is 27.3. The number of rotatable bonds is 14. The van der Waals surface area contributed by atoms with Crippen LogP contribution in [0.25, 0.3) is 6.08 Å². The Morgan fingerprint density at radius 1 is 0.737 bits per heavy atom. The van der Waals surface area contributed by atoms with Crippen molar-refractivity contribution in [1.29, 1.82) is 0 Å². The SMILES string of the molecule is CCN(CCCl)c1ccc(C=CC=CC(c2ccc(N(CC)CCCl)cc2)S(=O)(=O)c2ccccc2)cc1. The van der Waals surface area contributed by atoms with Crippen molar-refractivity contribution in [2.24, 2.45) is 0 Å². The summed E-state index contributed by atoms with van der Waals surface area (Å²) in [6.07, 6.45) is 7.41. The van der Waals surface area contributed by atoms with Gasteiger partial charge in [-0.2, -0.15) is 0 Å². The fourth-order valence-corrected chi connectivity index (χ4v) is 6.35. The van der Waals surface area contributed by atoms with E-state index in [0.717, 1.165) is 43.1 Å². The zero-order valence-electron chi connectivity index (χ0n) is 22.0. The third-order valence-corrected chi connectivity index (χ3v) is 8.77. The number of anilines is 2. The molecule has 4 nitrogen and oxygen atoms in total. The van der Waals surface area contributed by atoms with Gasteiger partial charge in [0, 0.05) is 49.3 Å². The lowest BCUT2D eigenvalue weighted by Crippen LogP contribution is -2.24. The quantitative estimate of drug-likeness (QED) is 0.148. The first-order valence-electron chi connectivity index (χ1n) is 12.9. The van der Waals surface area contributed by atoms with Gasteiger partial charge in [-0.1, -0.05) is 66.8 Å². The Labute approximate surface area is 238 Å². The first-order chi connectivity index (χ1) is 18.4. The lowest BCUT2D eigenvalue weighted by atomic mass is 10.1. The van der Waals surface area contributed by atoms with Crippen LogP contribution in [0.15, 0.2) is 102 Å². The van der Waals surface area contributed by atoms with Crippen LogP contribution in [0.5, 0.6) is 0 Å². The molecule has 1 unspecified atom stereocenters. The molecule has 0 amide bonds. The minimum Gasteiger partial charge on any atom is -0.371 e. The van der Waals surface area contributed by atoms with E-state index in [9.17, 15) is 8.42 Å². The molecule has 3 rings (SSSR count). The molecule has 0 saturated heterocycles. The van der Waals surface area contributed by atoms with Crippen LogP contribution in [0, 0.1) is 0 Å². The van der Waals surface area contributed by atoms with Crippen molar-refractivity contribution in [1.82, 2.24) is 0 Å². The van der Waals surface area contributed by atoms with E-state index in [-0.39, 0.29) is 0 Å². The molecule has 38 heavy (non-hydrogen) atoms. The number of benzene rings is 3. The molecule has 0 N–H and O–H groups in total. The maximum atomic E-state index is 13.6. The van der Waals surface area contributed by atoms with E-state index in [0.29, 0.717) is 22.2 Å². The first kappa shape index (κ1) is 29.8. The van der Waals surface area contributed by atoms with Crippen LogP contribution in [-0.4, -0.2) is 46.4 Å². The molecule has 3 aromatic rings. The molecule has 3 aromatic carbocycles. The Morgan fingerprint density at radius 3 is 1.76 bits per heavy atom. The second kappa shape index (κ2) is 15.0. The second-order valence-electron chi connectivity index (χ2n) is 8.74. The smallest absolute Gasteiger partial charge is 0.188 e. The van der Waals surface area contributed by atoms with Gasteiger partial charge in [0.1, 0.15) is 5.25 Å². The molecule has 0 bridgehead atoms. The normalized spacial score (nSPS) is 12.7. The number of hydrogen-bond acceptors (Lipinski definition) is 4. The highest BCUT2D eigenvalue weighted by molar-refractivity contribution is 7.91. The number of sulfone groups is 1. The summed E-state index contributed by atoms with van der Waals surface area (Å²) in [5, 5.41) is -0.817. The molecule has 0 heterocycles. The van der Waals surface area contributed by atoms with Crippen LogP contribution >= 0.6 is 23.2 Å². The number of alkyl halides is 2. The molecule has 0 aliphatic heterocycles. The van der Waals surface area contributed by atoms with E-state index in [1.54, 1.807) is 30.3 Å². The molecule has 0 aromatic heterocycles. The van der Waals surface area contributed by atoms with Gasteiger partial charge < -0.3 is 9.80 Å². The standard InChI is InChI=1S/C31H36Cl2N2O2S/c1-3-34(24-22-32)28-18-14-26(15-19-28)10-8-9-13-31(38(36,37)30-11-6-5-7-12-30)27-16-20-29(21-17-27)35(4-2)25-23-33/h5-21,31H,3-4,22-25H2,1-2H3. The molecule has 0 aliphatic carbocycles. The zero-order chi connectivity index (χ0) is 27.4. The summed E-state index contributed by atoms with van der Waals surface area (Å²) in [6.45, 7) is 7.44. The molecule has 0 aliphatic rings. The van der Waals surface area contributed by atoms with Crippen molar-refractivity contribution < 1.29 is 8.42 Å². The number of hydrogen-bond donors (Lipinski definition) is 0. The van der Waals surface area contributed by atoms with Gasteiger partial charge in [-0.05, 0) is 61.4 Å². The van der Waals surface area contributed by atoms with Crippen molar-refractivity contribution in [3.8, 4) is 0 Å². The monoisotopic (exact) mass is 570 g/mol. The topological polar surface area (TPSA) is 40.6 Å². The van der Waals surface area contributed by atoms with Crippen LogP contribution in [-0.2, 0) is 9.84 Å². The third-order valence-electron chi connectivity index (χ3n) is 6.41.